The van der Waals surface area contributed by atoms with Crippen molar-refractivity contribution in [3.05, 3.63) is 42.5 Å². The molecular formula is C20H24N6O3. The smallest absolute Gasteiger partial charge is 0.228 e. The average molecular weight is 396 g/mol. The number of likely N-dealkylation sites (tertiary alicyclic amines) is 1. The fourth-order valence-electron chi connectivity index (χ4n) is 3.81. The standard InChI is InChI=1S/C20H24N6O3/c1-29-18-11-17(22-14-23-18)24-6-8-25(9-7-24)20(28)15-10-19(27)26(12-15)13-16-4-2-3-5-21-16/h2-5,11,14-15H,6-10,12-13H2,1H3. The Kier molecular flexibility index (Phi) is 5.55. The predicted molar refractivity (Wildman–Crippen MR) is 105 cm³/mol. The van der Waals surface area contributed by atoms with Crippen molar-refractivity contribution in [3.8, 4) is 5.88 Å². The van der Waals surface area contributed by atoms with Crippen molar-refractivity contribution in [2.24, 2.45) is 5.92 Å². The summed E-state index contributed by atoms with van der Waals surface area (Å²) in [4.78, 5) is 43.6. The molecule has 9 heteroatoms. The Labute approximate surface area is 169 Å². The molecule has 2 aromatic heterocycles. The van der Waals surface area contributed by atoms with Gasteiger partial charge in [0.25, 0.3) is 0 Å². The highest BCUT2D eigenvalue weighted by Crippen LogP contribution is 2.23. The second kappa shape index (κ2) is 8.42. The number of carbonyl (C=O) groups is 2. The third kappa shape index (κ3) is 4.28. The van der Waals surface area contributed by atoms with E-state index in [9.17, 15) is 9.59 Å². The van der Waals surface area contributed by atoms with Crippen LogP contribution in [-0.2, 0) is 16.1 Å². The van der Waals surface area contributed by atoms with E-state index in [2.05, 4.69) is 19.9 Å². The minimum atomic E-state index is -0.281. The van der Waals surface area contributed by atoms with Gasteiger partial charge in [-0.15, -0.1) is 0 Å². The van der Waals surface area contributed by atoms with Crippen LogP contribution in [0.25, 0.3) is 0 Å². The number of pyridine rings is 1. The number of hydrogen-bond donors (Lipinski definition) is 0. The molecule has 2 aliphatic rings. The van der Waals surface area contributed by atoms with E-state index < -0.39 is 0 Å². The van der Waals surface area contributed by atoms with E-state index in [4.69, 9.17) is 4.74 Å². The molecule has 0 saturated carbocycles. The first-order valence-corrected chi connectivity index (χ1v) is 9.71. The van der Waals surface area contributed by atoms with Crippen molar-refractivity contribution in [2.45, 2.75) is 13.0 Å². The quantitative estimate of drug-likeness (QED) is 0.730. The predicted octanol–water partition coefficient (Wildman–Crippen LogP) is 0.578. The third-order valence-electron chi connectivity index (χ3n) is 5.39. The van der Waals surface area contributed by atoms with Crippen molar-refractivity contribution in [3.63, 3.8) is 0 Å². The van der Waals surface area contributed by atoms with E-state index in [0.29, 0.717) is 45.1 Å². The third-order valence-corrected chi connectivity index (χ3v) is 5.39. The molecule has 9 nitrogen and oxygen atoms in total. The summed E-state index contributed by atoms with van der Waals surface area (Å²) in [5.41, 5.74) is 0.836. The van der Waals surface area contributed by atoms with Crippen molar-refractivity contribution in [1.82, 2.24) is 24.8 Å². The number of carbonyl (C=O) groups excluding carboxylic acids is 2. The van der Waals surface area contributed by atoms with Crippen molar-refractivity contribution in [2.75, 3.05) is 44.7 Å². The summed E-state index contributed by atoms with van der Waals surface area (Å²) in [7, 11) is 1.57. The number of nitrogens with zero attached hydrogens (tertiary/aromatic N) is 6. The van der Waals surface area contributed by atoms with Crippen LogP contribution in [0.15, 0.2) is 36.8 Å². The molecule has 4 heterocycles. The summed E-state index contributed by atoms with van der Waals surface area (Å²) in [6.07, 6.45) is 3.46. The lowest BCUT2D eigenvalue weighted by molar-refractivity contribution is -0.136. The molecule has 0 bridgehead atoms. The molecule has 0 aliphatic carbocycles. The summed E-state index contributed by atoms with van der Waals surface area (Å²) in [5.74, 6) is 1.10. The van der Waals surface area contributed by atoms with Gasteiger partial charge >= 0.3 is 0 Å². The minimum absolute atomic E-state index is 0.0146. The van der Waals surface area contributed by atoms with Crippen LogP contribution in [0.2, 0.25) is 0 Å². The SMILES string of the molecule is COc1cc(N2CCN(C(=O)C3CC(=O)N(Cc4ccccn4)C3)CC2)ncn1. The zero-order valence-corrected chi connectivity index (χ0v) is 16.4. The normalized spacial score (nSPS) is 19.6. The minimum Gasteiger partial charge on any atom is -0.481 e. The summed E-state index contributed by atoms with van der Waals surface area (Å²) < 4.78 is 5.15. The molecule has 4 rings (SSSR count). The van der Waals surface area contributed by atoms with Crippen LogP contribution in [-0.4, -0.2) is 76.4 Å². The number of rotatable bonds is 5. The molecular weight excluding hydrogens is 372 g/mol. The molecule has 2 saturated heterocycles. The molecule has 2 fully saturated rings. The topological polar surface area (TPSA) is 91.8 Å². The highest BCUT2D eigenvalue weighted by Gasteiger charge is 2.37. The summed E-state index contributed by atoms with van der Waals surface area (Å²) in [5, 5.41) is 0. The molecule has 29 heavy (non-hydrogen) atoms. The number of piperazine rings is 1. The molecule has 1 unspecified atom stereocenters. The molecule has 0 aromatic carbocycles. The lowest BCUT2D eigenvalue weighted by Crippen LogP contribution is -2.51. The Bertz CT molecular complexity index is 870. The van der Waals surface area contributed by atoms with Gasteiger partial charge in [0.15, 0.2) is 0 Å². The maximum absolute atomic E-state index is 13.0. The van der Waals surface area contributed by atoms with Crippen molar-refractivity contribution in [1.29, 1.82) is 0 Å². The highest BCUT2D eigenvalue weighted by molar-refractivity contribution is 5.89. The number of aromatic nitrogens is 3. The Morgan fingerprint density at radius 2 is 2.00 bits per heavy atom. The molecule has 0 radical (unpaired) electrons. The van der Waals surface area contributed by atoms with E-state index in [1.165, 1.54) is 6.33 Å². The van der Waals surface area contributed by atoms with Gasteiger partial charge in [-0.1, -0.05) is 6.07 Å². The monoisotopic (exact) mass is 396 g/mol. The lowest BCUT2D eigenvalue weighted by Gasteiger charge is -2.36. The van der Waals surface area contributed by atoms with Crippen LogP contribution in [0.4, 0.5) is 5.82 Å². The second-order valence-corrected chi connectivity index (χ2v) is 7.23. The molecule has 2 amide bonds. The van der Waals surface area contributed by atoms with Gasteiger partial charge in [0, 0.05) is 51.4 Å². The number of ether oxygens (including phenoxy) is 1. The number of anilines is 1. The van der Waals surface area contributed by atoms with Gasteiger partial charge in [0.05, 0.1) is 25.3 Å². The van der Waals surface area contributed by atoms with Crippen LogP contribution >= 0.6 is 0 Å². The Balaban J connectivity index is 1.32. The zero-order valence-electron chi connectivity index (χ0n) is 16.4. The Hall–Kier alpha value is -3.23. The maximum Gasteiger partial charge on any atom is 0.228 e. The van der Waals surface area contributed by atoms with Gasteiger partial charge in [0.1, 0.15) is 12.1 Å². The van der Waals surface area contributed by atoms with Gasteiger partial charge < -0.3 is 19.4 Å². The summed E-state index contributed by atoms with van der Waals surface area (Å²) in [6, 6.07) is 7.43. The van der Waals surface area contributed by atoms with Crippen LogP contribution in [0.1, 0.15) is 12.1 Å². The number of amides is 2. The van der Waals surface area contributed by atoms with Crippen molar-refractivity contribution < 1.29 is 14.3 Å². The largest absolute Gasteiger partial charge is 0.481 e. The van der Waals surface area contributed by atoms with Gasteiger partial charge in [0.2, 0.25) is 17.7 Å². The molecule has 0 N–H and O–H groups in total. The Morgan fingerprint density at radius 1 is 1.17 bits per heavy atom. The maximum atomic E-state index is 13.0. The van der Waals surface area contributed by atoms with Crippen molar-refractivity contribution >= 4 is 17.6 Å². The van der Waals surface area contributed by atoms with E-state index in [-0.39, 0.29) is 24.2 Å². The van der Waals surface area contributed by atoms with E-state index in [0.717, 1.165) is 11.5 Å². The first-order valence-electron chi connectivity index (χ1n) is 9.71. The van der Waals surface area contributed by atoms with E-state index >= 15 is 0 Å². The van der Waals surface area contributed by atoms with Gasteiger partial charge in [-0.05, 0) is 12.1 Å². The number of hydrogen-bond acceptors (Lipinski definition) is 7. The van der Waals surface area contributed by atoms with Gasteiger partial charge in [-0.3, -0.25) is 14.6 Å². The van der Waals surface area contributed by atoms with Gasteiger partial charge in [-0.25, -0.2) is 9.97 Å². The second-order valence-electron chi connectivity index (χ2n) is 7.23. The average Bonchev–Trinajstić information content (AvgIpc) is 3.14. The summed E-state index contributed by atoms with van der Waals surface area (Å²) in [6.45, 7) is 3.49. The summed E-state index contributed by atoms with van der Waals surface area (Å²) >= 11 is 0. The van der Waals surface area contributed by atoms with Crippen LogP contribution in [0.5, 0.6) is 5.88 Å². The number of methoxy groups -OCH3 is 1. The first kappa shape index (κ1) is 19.1. The van der Waals surface area contributed by atoms with E-state index in [1.54, 1.807) is 24.3 Å². The van der Waals surface area contributed by atoms with Crippen LogP contribution < -0.4 is 9.64 Å². The first-order chi connectivity index (χ1) is 14.1. The molecule has 2 aliphatic heterocycles. The molecule has 152 valence electrons. The Morgan fingerprint density at radius 3 is 2.72 bits per heavy atom. The van der Waals surface area contributed by atoms with Crippen LogP contribution in [0.3, 0.4) is 0 Å². The highest BCUT2D eigenvalue weighted by atomic mass is 16.5. The van der Waals surface area contributed by atoms with E-state index in [1.807, 2.05) is 23.1 Å². The zero-order chi connectivity index (χ0) is 20.2. The molecule has 1 atom stereocenters. The fourth-order valence-corrected chi connectivity index (χ4v) is 3.81. The lowest BCUT2D eigenvalue weighted by atomic mass is 10.1. The molecule has 0 spiro atoms. The van der Waals surface area contributed by atoms with Crippen LogP contribution in [0, 0.1) is 5.92 Å². The molecule has 2 aromatic rings. The fraction of sp³-hybridized carbons (Fsp3) is 0.450. The van der Waals surface area contributed by atoms with Gasteiger partial charge in [-0.2, -0.15) is 0 Å².